The summed E-state index contributed by atoms with van der Waals surface area (Å²) in [6.07, 6.45) is 7.52. The van der Waals surface area contributed by atoms with Gasteiger partial charge in [0.2, 0.25) is 11.8 Å². The number of likely N-dealkylation sites (tertiary alicyclic amines) is 2. The number of rotatable bonds is 9. The lowest BCUT2D eigenvalue weighted by Gasteiger charge is -2.61. The summed E-state index contributed by atoms with van der Waals surface area (Å²) in [6.45, 7) is 8.32. The molecule has 274 valence electrons. The van der Waals surface area contributed by atoms with Crippen LogP contribution in [-0.2, 0) is 19.1 Å². The molecule has 1 aromatic heterocycles. The van der Waals surface area contributed by atoms with Crippen LogP contribution in [0, 0.1) is 11.3 Å². The quantitative estimate of drug-likeness (QED) is 0.317. The molecule has 12 heteroatoms. The first kappa shape index (κ1) is 34.5. The van der Waals surface area contributed by atoms with Crippen LogP contribution in [0.1, 0.15) is 56.4 Å². The summed E-state index contributed by atoms with van der Waals surface area (Å²) in [7, 11) is 1.67. The fourth-order valence-electron chi connectivity index (χ4n) is 9.21. The highest BCUT2D eigenvalue weighted by molar-refractivity contribution is 6.01. The highest BCUT2D eigenvalue weighted by Crippen LogP contribution is 2.43. The smallest absolute Gasteiger partial charge is 0.254 e. The Morgan fingerprint density at radius 3 is 2.33 bits per heavy atom. The van der Waals surface area contributed by atoms with E-state index in [9.17, 15) is 19.5 Å². The molecule has 5 fully saturated rings. The van der Waals surface area contributed by atoms with Crippen molar-refractivity contribution in [2.45, 2.75) is 56.5 Å². The van der Waals surface area contributed by atoms with E-state index < -0.39 is 5.60 Å². The minimum Gasteiger partial charge on any atom is -0.507 e. The first-order valence-corrected chi connectivity index (χ1v) is 18.8. The van der Waals surface area contributed by atoms with Crippen molar-refractivity contribution in [2.24, 2.45) is 11.3 Å². The Balaban J connectivity index is 0.754. The van der Waals surface area contributed by atoms with E-state index >= 15 is 0 Å². The predicted octanol–water partition coefficient (Wildman–Crippen LogP) is 3.81. The van der Waals surface area contributed by atoms with Gasteiger partial charge in [0, 0.05) is 95.4 Å². The highest BCUT2D eigenvalue weighted by Gasteiger charge is 2.56. The third-order valence-corrected chi connectivity index (χ3v) is 12.4. The van der Waals surface area contributed by atoms with Crippen molar-refractivity contribution in [1.29, 1.82) is 0 Å². The van der Waals surface area contributed by atoms with Crippen molar-refractivity contribution in [3.63, 3.8) is 0 Å². The standard InChI is InChI=1S/C40H49N7O5/c1-52-40(15-20-46(21-16-40)31-22-34(43-41-23-31)33-4-2-3-5-35(33)48)38(51)47-26-39(27-47)24-44(25-39)17-12-28-13-18-45(19-14-28)30-8-6-29(7-9-30)32-10-11-36(49)42-37(32)50/h2-9,22-23,28,32,48H,10-21,24-27H2,1H3,(H,42,49,50)/t32-/m1/s1. The summed E-state index contributed by atoms with van der Waals surface area (Å²) >= 11 is 0. The molecule has 8 rings (SSSR count). The van der Waals surface area contributed by atoms with Crippen molar-refractivity contribution in [3.05, 3.63) is 66.4 Å². The van der Waals surface area contributed by atoms with E-state index in [1.54, 1.807) is 25.4 Å². The maximum atomic E-state index is 13.8. The number of methoxy groups -OCH3 is 1. The van der Waals surface area contributed by atoms with Gasteiger partial charge in [0.1, 0.15) is 11.4 Å². The molecule has 0 saturated carbocycles. The van der Waals surface area contributed by atoms with Crippen LogP contribution in [0.2, 0.25) is 0 Å². The Morgan fingerprint density at radius 2 is 1.63 bits per heavy atom. The number of para-hydroxylation sites is 1. The van der Waals surface area contributed by atoms with Crippen LogP contribution in [-0.4, -0.2) is 114 Å². The number of aromatic hydroxyl groups is 1. The van der Waals surface area contributed by atoms with E-state index in [2.05, 4.69) is 42.3 Å². The maximum absolute atomic E-state index is 13.8. The van der Waals surface area contributed by atoms with Gasteiger partial charge < -0.3 is 29.4 Å². The van der Waals surface area contributed by atoms with E-state index in [1.807, 2.05) is 35.2 Å². The van der Waals surface area contributed by atoms with Crippen LogP contribution in [0.4, 0.5) is 11.4 Å². The van der Waals surface area contributed by atoms with E-state index in [-0.39, 0.29) is 34.8 Å². The third kappa shape index (κ3) is 6.74. The van der Waals surface area contributed by atoms with E-state index in [0.29, 0.717) is 50.0 Å². The van der Waals surface area contributed by atoms with Crippen LogP contribution in [0.5, 0.6) is 5.75 Å². The number of nitrogens with zero attached hydrogens (tertiary/aromatic N) is 6. The Morgan fingerprint density at radius 1 is 0.923 bits per heavy atom. The number of nitrogens with one attached hydrogen (secondary N) is 1. The average Bonchev–Trinajstić information content (AvgIpc) is 3.14. The zero-order valence-corrected chi connectivity index (χ0v) is 30.0. The number of hydrogen-bond acceptors (Lipinski definition) is 10. The molecule has 6 heterocycles. The lowest BCUT2D eigenvalue weighted by molar-refractivity contribution is -0.182. The molecule has 0 unspecified atom stereocenters. The second kappa shape index (κ2) is 14.1. The van der Waals surface area contributed by atoms with Gasteiger partial charge in [-0.05, 0) is 74.0 Å². The molecule has 2 N–H and O–H groups in total. The number of imide groups is 1. The van der Waals surface area contributed by atoms with Crippen molar-refractivity contribution < 1.29 is 24.2 Å². The number of anilines is 2. The van der Waals surface area contributed by atoms with Gasteiger partial charge in [-0.15, -0.1) is 0 Å². The van der Waals surface area contributed by atoms with Gasteiger partial charge in [-0.25, -0.2) is 0 Å². The molecule has 12 nitrogen and oxygen atoms in total. The van der Waals surface area contributed by atoms with Gasteiger partial charge in [-0.3, -0.25) is 19.7 Å². The topological polar surface area (TPSA) is 131 Å². The summed E-state index contributed by atoms with van der Waals surface area (Å²) in [6, 6.07) is 17.4. The van der Waals surface area contributed by atoms with Crippen molar-refractivity contribution in [1.82, 2.24) is 25.3 Å². The number of hydrogen-bond donors (Lipinski definition) is 2. The largest absolute Gasteiger partial charge is 0.507 e. The fraction of sp³-hybridized carbons (Fsp3) is 0.525. The maximum Gasteiger partial charge on any atom is 0.254 e. The minimum atomic E-state index is -0.799. The molecule has 3 aromatic rings. The second-order valence-electron chi connectivity index (χ2n) is 15.7. The molecule has 5 saturated heterocycles. The molecule has 0 bridgehead atoms. The van der Waals surface area contributed by atoms with Gasteiger partial charge in [0.15, 0.2) is 0 Å². The zero-order chi connectivity index (χ0) is 35.9. The fourth-order valence-corrected chi connectivity index (χ4v) is 9.21. The lowest BCUT2D eigenvalue weighted by atomic mass is 9.71. The molecular formula is C40H49N7O5. The highest BCUT2D eigenvalue weighted by atomic mass is 16.5. The molecule has 0 radical (unpaired) electrons. The zero-order valence-electron chi connectivity index (χ0n) is 30.0. The summed E-state index contributed by atoms with van der Waals surface area (Å²) in [4.78, 5) is 46.8. The molecule has 5 aliphatic heterocycles. The molecule has 1 spiro atoms. The predicted molar refractivity (Wildman–Crippen MR) is 197 cm³/mol. The monoisotopic (exact) mass is 707 g/mol. The lowest BCUT2D eigenvalue weighted by Crippen LogP contribution is -2.75. The van der Waals surface area contributed by atoms with Crippen LogP contribution >= 0.6 is 0 Å². The van der Waals surface area contributed by atoms with E-state index in [4.69, 9.17) is 4.74 Å². The number of amides is 3. The molecule has 3 amide bonds. The average molecular weight is 708 g/mol. The second-order valence-corrected chi connectivity index (χ2v) is 15.7. The van der Waals surface area contributed by atoms with Crippen molar-refractivity contribution in [3.8, 4) is 17.0 Å². The number of aromatic nitrogens is 2. The van der Waals surface area contributed by atoms with E-state index in [0.717, 1.165) is 63.0 Å². The summed E-state index contributed by atoms with van der Waals surface area (Å²) < 4.78 is 5.99. The molecule has 5 aliphatic rings. The Hall–Kier alpha value is -4.55. The normalized spacial score (nSPS) is 23.2. The SMILES string of the molecule is COC1(C(=O)N2CC3(CN(CCC4CCN(c5ccc([C@H]6CCC(=O)NC6=O)cc5)CC4)C3)C2)CCN(c2cnnc(-c3ccccc3O)c2)CC1. The van der Waals surface area contributed by atoms with Gasteiger partial charge in [0.05, 0.1) is 23.5 Å². The summed E-state index contributed by atoms with van der Waals surface area (Å²) in [5.74, 6) is 0.419. The van der Waals surface area contributed by atoms with Crippen molar-refractivity contribution >= 4 is 29.1 Å². The summed E-state index contributed by atoms with van der Waals surface area (Å²) in [5, 5.41) is 21.2. The van der Waals surface area contributed by atoms with Gasteiger partial charge in [-0.2, -0.15) is 10.2 Å². The molecule has 0 aliphatic carbocycles. The molecule has 1 atom stereocenters. The number of phenolic OH excluding ortho intramolecular Hbond substituents is 1. The Bertz CT molecular complexity index is 1790. The number of phenols is 1. The van der Waals surface area contributed by atoms with Gasteiger partial charge in [0.25, 0.3) is 5.91 Å². The minimum absolute atomic E-state index is 0.124. The summed E-state index contributed by atoms with van der Waals surface area (Å²) in [5.41, 5.74) is 3.81. The Labute approximate surface area is 305 Å². The molecule has 52 heavy (non-hydrogen) atoms. The number of benzene rings is 2. The first-order valence-electron chi connectivity index (χ1n) is 18.8. The Kier molecular flexibility index (Phi) is 9.37. The third-order valence-electron chi connectivity index (χ3n) is 12.4. The van der Waals surface area contributed by atoms with Crippen LogP contribution in [0.15, 0.2) is 60.8 Å². The van der Waals surface area contributed by atoms with Gasteiger partial charge in [-0.1, -0.05) is 24.3 Å². The number of piperidine rings is 3. The van der Waals surface area contributed by atoms with Crippen LogP contribution in [0.25, 0.3) is 11.3 Å². The first-order chi connectivity index (χ1) is 25.2. The number of carbonyl (C=O) groups is 3. The number of ether oxygens (including phenoxy) is 1. The van der Waals surface area contributed by atoms with Crippen molar-refractivity contribution in [2.75, 3.05) is 75.8 Å². The molecular weight excluding hydrogens is 658 g/mol. The van der Waals surface area contributed by atoms with Crippen LogP contribution in [0.3, 0.4) is 0 Å². The van der Waals surface area contributed by atoms with Crippen LogP contribution < -0.4 is 15.1 Å². The van der Waals surface area contributed by atoms with Gasteiger partial charge >= 0.3 is 0 Å². The molecule has 2 aromatic carbocycles. The number of carbonyl (C=O) groups excluding carboxylic acids is 3. The van der Waals surface area contributed by atoms with E-state index in [1.165, 1.54) is 24.9 Å².